The van der Waals surface area contributed by atoms with Crippen molar-refractivity contribution in [2.45, 2.75) is 0 Å². The predicted molar refractivity (Wildman–Crippen MR) is 30.8 cm³/mol. The van der Waals surface area contributed by atoms with Crippen molar-refractivity contribution in [1.82, 2.24) is 0 Å². The van der Waals surface area contributed by atoms with Crippen LogP contribution in [0, 0.1) is 0 Å². The number of rotatable bonds is 1. The smallest absolute Gasteiger partial charge is 0.545 e. The molecule has 2 nitrogen and oxygen atoms in total. The van der Waals surface area contributed by atoms with Crippen LogP contribution in [0.15, 0.2) is 30.3 Å². The fourth-order valence-electron chi connectivity index (χ4n) is 0.523. The van der Waals surface area contributed by atoms with E-state index in [1.54, 1.807) is 0 Å². The maximum Gasteiger partial charge on any atom is 1.00 e. The maximum atomic E-state index is 10.1. The van der Waals surface area contributed by atoms with E-state index in [1.807, 2.05) is 0 Å². The molecule has 0 saturated heterocycles. The van der Waals surface area contributed by atoms with Gasteiger partial charge in [0.2, 0.25) is 0 Å². The molecular weight excluding hydrogens is 123 g/mol. The summed E-state index contributed by atoms with van der Waals surface area (Å²) in [5, 5.41) is 10.1. The van der Waals surface area contributed by atoms with Crippen LogP contribution >= 0.6 is 0 Å². The summed E-state index contributed by atoms with van der Waals surface area (Å²) in [5.74, 6) is -1.21. The topological polar surface area (TPSA) is 40.1 Å². The Labute approximate surface area is 72.5 Å². The summed E-state index contributed by atoms with van der Waals surface area (Å²) in [7, 11) is 0. The molecule has 3 heteroatoms. The van der Waals surface area contributed by atoms with Crippen molar-refractivity contribution in [1.29, 1.82) is 0 Å². The molecule has 0 saturated carbocycles. The van der Waals surface area contributed by atoms with Gasteiger partial charge >= 0.3 is 18.9 Å². The number of hydrogen-bond acceptors (Lipinski definition) is 2. The summed E-state index contributed by atoms with van der Waals surface area (Å²) < 4.78 is 7.02. The average molecular weight is 129 g/mol. The van der Waals surface area contributed by atoms with Gasteiger partial charge in [-0.15, -0.1) is 0 Å². The van der Waals surface area contributed by atoms with Crippen LogP contribution in [0.5, 0.6) is 0 Å². The largest absolute Gasteiger partial charge is 1.00 e. The molecule has 0 heterocycles. The Balaban J connectivity index is 0.000001000. The van der Waals surface area contributed by atoms with Crippen LogP contribution in [-0.4, -0.2) is 5.97 Å². The number of carboxylic acid groups (broad SMARTS) is 1. The number of carboxylic acids is 1. The third-order valence-corrected chi connectivity index (χ3v) is 0.954. The number of carbonyl (C=O) groups excluding carboxylic acids is 1. The molecule has 1 rings (SSSR count). The van der Waals surface area contributed by atoms with Crippen molar-refractivity contribution < 1.29 is 30.1 Å². The Morgan fingerprint density at radius 3 is 2.40 bits per heavy atom. The second-order valence-electron chi connectivity index (χ2n) is 1.58. The van der Waals surface area contributed by atoms with Gasteiger partial charge in [-0.25, -0.2) is 0 Å². The summed E-state index contributed by atoms with van der Waals surface area (Å²) in [6.07, 6.45) is 0. The zero-order valence-corrected chi connectivity index (χ0v) is 5.63. The van der Waals surface area contributed by atoms with Gasteiger partial charge in [0.1, 0.15) is 0 Å². The van der Waals surface area contributed by atoms with E-state index >= 15 is 0 Å². The fourth-order valence-corrected chi connectivity index (χ4v) is 0.523. The molecule has 10 heavy (non-hydrogen) atoms. The van der Waals surface area contributed by atoms with Gasteiger partial charge in [-0.05, 0) is 5.56 Å². The van der Waals surface area contributed by atoms with Gasteiger partial charge in [0.25, 0.3) is 0 Å². The number of hydrogen-bond donors (Lipinski definition) is 0. The third kappa shape index (κ3) is 2.26. The number of aromatic carboxylic acids is 1. The van der Waals surface area contributed by atoms with Crippen LogP contribution in [0.1, 0.15) is 11.7 Å². The Kier molecular flexibility index (Phi) is 3.08. The third-order valence-electron chi connectivity index (χ3n) is 0.954. The van der Waals surface area contributed by atoms with E-state index in [-0.39, 0.29) is 24.4 Å². The Bertz CT molecular complexity index is 245. The fraction of sp³-hybridized carbons (Fsp3) is 0. The zero-order valence-electron chi connectivity index (χ0n) is 6.63. The van der Waals surface area contributed by atoms with Gasteiger partial charge in [0, 0.05) is 0 Å². The first kappa shape index (κ1) is 7.40. The summed E-state index contributed by atoms with van der Waals surface area (Å²) in [6, 6.07) is 5.80. The van der Waals surface area contributed by atoms with Gasteiger partial charge in [-0.2, -0.15) is 0 Å². The first-order chi connectivity index (χ1) is 4.70. The molecule has 0 amide bonds. The quantitative estimate of drug-likeness (QED) is 0.380. The Hall–Kier alpha value is -0.713. The van der Waals surface area contributed by atoms with Gasteiger partial charge in [-0.3, -0.25) is 0 Å². The van der Waals surface area contributed by atoms with Crippen molar-refractivity contribution in [3.05, 3.63) is 35.9 Å². The Morgan fingerprint density at radius 1 is 1.50 bits per heavy atom. The van der Waals surface area contributed by atoms with Crippen molar-refractivity contribution in [3.8, 4) is 0 Å². The van der Waals surface area contributed by atoms with Crippen LogP contribution in [-0.2, 0) is 0 Å². The predicted octanol–water partition coefficient (Wildman–Crippen LogP) is -2.95. The van der Waals surface area contributed by atoms with E-state index in [0.29, 0.717) is 6.04 Å². The van der Waals surface area contributed by atoms with E-state index in [9.17, 15) is 9.90 Å². The standard InChI is InChI=1S/C7H6O2.Li/c8-7(9)6-4-2-1-3-5-6;/h1-5H,(H,8,9);/q;+1/p-1/i1D;. The van der Waals surface area contributed by atoms with E-state index in [0.717, 1.165) is 0 Å². The molecule has 0 aliphatic carbocycles. The second kappa shape index (κ2) is 4.16. The normalized spacial score (nSPS) is 9.40. The summed E-state index contributed by atoms with van der Waals surface area (Å²) >= 11 is 0. The first-order valence-electron chi connectivity index (χ1n) is 2.98. The molecular formula is C7H5LiO2. The summed E-state index contributed by atoms with van der Waals surface area (Å²) in [6.45, 7) is 0. The second-order valence-corrected chi connectivity index (χ2v) is 1.58. The molecule has 0 aliphatic rings. The molecule has 0 aliphatic heterocycles. The maximum absolute atomic E-state index is 10.1. The molecule has 0 unspecified atom stereocenters. The minimum Gasteiger partial charge on any atom is -0.545 e. The van der Waals surface area contributed by atoms with Crippen molar-refractivity contribution in [2.24, 2.45) is 0 Å². The van der Waals surface area contributed by atoms with Crippen LogP contribution in [0.2, 0.25) is 0 Å². The monoisotopic (exact) mass is 129 g/mol. The van der Waals surface area contributed by atoms with E-state index in [1.165, 1.54) is 24.3 Å². The molecule has 0 N–H and O–H groups in total. The van der Waals surface area contributed by atoms with Crippen LogP contribution in [0.4, 0.5) is 0 Å². The molecule has 0 radical (unpaired) electrons. The summed E-state index contributed by atoms with van der Waals surface area (Å²) in [4.78, 5) is 10.1. The van der Waals surface area contributed by atoms with E-state index < -0.39 is 5.97 Å². The molecule has 0 spiro atoms. The van der Waals surface area contributed by atoms with Crippen molar-refractivity contribution >= 4 is 5.97 Å². The van der Waals surface area contributed by atoms with Gasteiger partial charge < -0.3 is 9.90 Å². The molecule has 46 valence electrons. The number of benzene rings is 1. The minimum absolute atomic E-state index is 0. The van der Waals surface area contributed by atoms with E-state index in [2.05, 4.69) is 0 Å². The molecule has 1 aromatic carbocycles. The average Bonchev–Trinajstić information content (AvgIpc) is 1.88. The SMILES string of the molecule is [2H]c1ccc(C(=O)[O-])cc1.[Li+]. The molecule has 1 aromatic rings. The van der Waals surface area contributed by atoms with E-state index in [4.69, 9.17) is 1.37 Å². The number of carbonyl (C=O) groups is 1. The molecule has 0 atom stereocenters. The van der Waals surface area contributed by atoms with Crippen LogP contribution in [0.3, 0.4) is 0 Å². The molecule has 0 bridgehead atoms. The first-order valence-corrected chi connectivity index (χ1v) is 2.48. The Morgan fingerprint density at radius 2 is 2.00 bits per heavy atom. The molecule has 0 aromatic heterocycles. The minimum atomic E-state index is -1.21. The van der Waals surface area contributed by atoms with Crippen molar-refractivity contribution in [2.75, 3.05) is 0 Å². The van der Waals surface area contributed by atoms with Gasteiger partial charge in [0.05, 0.1) is 7.34 Å². The summed E-state index contributed by atoms with van der Waals surface area (Å²) in [5.41, 5.74) is 0.107. The van der Waals surface area contributed by atoms with Gasteiger partial charge in [-0.1, -0.05) is 30.3 Å². The van der Waals surface area contributed by atoms with Crippen molar-refractivity contribution in [3.63, 3.8) is 0 Å². The zero-order chi connectivity index (χ0) is 7.56. The van der Waals surface area contributed by atoms with Crippen LogP contribution in [0.25, 0.3) is 0 Å². The molecule has 0 fully saturated rings. The van der Waals surface area contributed by atoms with Crippen LogP contribution < -0.4 is 24.0 Å². The van der Waals surface area contributed by atoms with Gasteiger partial charge in [0.15, 0.2) is 0 Å².